The molecule has 6 heteroatoms. The van der Waals surface area contributed by atoms with Crippen molar-refractivity contribution < 1.29 is 14.7 Å². The Morgan fingerprint density at radius 2 is 2.14 bits per heavy atom. The molecule has 118 valence electrons. The van der Waals surface area contributed by atoms with Crippen molar-refractivity contribution in [1.82, 2.24) is 10.2 Å². The topological polar surface area (TPSA) is 69.6 Å². The summed E-state index contributed by atoms with van der Waals surface area (Å²) in [6.45, 7) is 4.84. The third-order valence-corrected chi connectivity index (χ3v) is 4.09. The van der Waals surface area contributed by atoms with E-state index in [2.05, 4.69) is 5.32 Å². The van der Waals surface area contributed by atoms with Crippen LogP contribution < -0.4 is 5.32 Å². The minimum Gasteiger partial charge on any atom is -0.396 e. The minimum atomic E-state index is -0.167. The van der Waals surface area contributed by atoms with E-state index in [1.165, 1.54) is 16.2 Å². The lowest BCUT2D eigenvalue weighted by atomic mass is 9.88. The average Bonchev–Trinajstić information content (AvgIpc) is 2.96. The van der Waals surface area contributed by atoms with Crippen molar-refractivity contribution in [2.45, 2.75) is 26.7 Å². The molecular formula is C15H24N2O3S. The van der Waals surface area contributed by atoms with Crippen molar-refractivity contribution in [1.29, 1.82) is 0 Å². The Hall–Kier alpha value is -1.40. The quantitative estimate of drug-likeness (QED) is 0.768. The monoisotopic (exact) mass is 312 g/mol. The summed E-state index contributed by atoms with van der Waals surface area (Å²) in [5.74, 6) is -0.306. The van der Waals surface area contributed by atoms with E-state index in [1.54, 1.807) is 13.1 Å². The normalized spacial score (nSPS) is 11.2. The molecule has 2 N–H and O–H groups in total. The van der Waals surface area contributed by atoms with Crippen LogP contribution in [0.5, 0.6) is 0 Å². The molecular weight excluding hydrogens is 288 g/mol. The largest absolute Gasteiger partial charge is 0.396 e. The SMILES string of the molecule is CN(CC(=O)NCC(C)(C)CCCO)C(=O)c1cccs1. The van der Waals surface area contributed by atoms with Gasteiger partial charge in [-0.2, -0.15) is 0 Å². The second-order valence-corrected chi connectivity index (χ2v) is 6.85. The van der Waals surface area contributed by atoms with Crippen LogP contribution in [0.2, 0.25) is 0 Å². The molecule has 1 rings (SSSR count). The molecule has 0 saturated heterocycles. The summed E-state index contributed by atoms with van der Waals surface area (Å²) >= 11 is 1.37. The van der Waals surface area contributed by atoms with Crippen LogP contribution in [0.15, 0.2) is 17.5 Å². The van der Waals surface area contributed by atoms with Crippen LogP contribution in [0, 0.1) is 5.41 Å². The predicted molar refractivity (Wildman–Crippen MR) is 84.4 cm³/mol. The van der Waals surface area contributed by atoms with Gasteiger partial charge < -0.3 is 15.3 Å². The molecule has 2 amide bonds. The molecule has 5 nitrogen and oxygen atoms in total. The maximum Gasteiger partial charge on any atom is 0.264 e. The third-order valence-electron chi connectivity index (χ3n) is 3.24. The van der Waals surface area contributed by atoms with Gasteiger partial charge in [0, 0.05) is 20.2 Å². The zero-order valence-electron chi connectivity index (χ0n) is 12.9. The lowest BCUT2D eigenvalue weighted by Gasteiger charge is -2.25. The van der Waals surface area contributed by atoms with E-state index in [0.717, 1.165) is 12.8 Å². The number of nitrogens with one attached hydrogen (secondary N) is 1. The lowest BCUT2D eigenvalue weighted by Crippen LogP contribution is -2.41. The van der Waals surface area contributed by atoms with Crippen molar-refractivity contribution in [2.75, 3.05) is 26.7 Å². The molecule has 0 unspecified atom stereocenters. The first kappa shape index (κ1) is 17.7. The summed E-state index contributed by atoms with van der Waals surface area (Å²) in [7, 11) is 1.62. The maximum absolute atomic E-state index is 12.0. The molecule has 0 radical (unpaired) electrons. The molecule has 0 aliphatic rings. The Bertz CT molecular complexity index is 457. The second-order valence-electron chi connectivity index (χ2n) is 5.91. The fourth-order valence-corrected chi connectivity index (χ4v) is 2.63. The number of aliphatic hydroxyl groups excluding tert-OH is 1. The zero-order chi connectivity index (χ0) is 15.9. The van der Waals surface area contributed by atoms with Gasteiger partial charge in [-0.25, -0.2) is 0 Å². The molecule has 0 atom stereocenters. The van der Waals surface area contributed by atoms with E-state index in [0.29, 0.717) is 11.4 Å². The molecule has 21 heavy (non-hydrogen) atoms. The molecule has 1 aromatic heterocycles. The van der Waals surface area contributed by atoms with E-state index < -0.39 is 0 Å². The number of hydrogen-bond donors (Lipinski definition) is 2. The predicted octanol–water partition coefficient (Wildman–Crippen LogP) is 1.73. The Morgan fingerprint density at radius 1 is 1.43 bits per heavy atom. The Labute approximate surface area is 130 Å². The van der Waals surface area contributed by atoms with Gasteiger partial charge in [-0.15, -0.1) is 11.3 Å². The highest BCUT2D eigenvalue weighted by atomic mass is 32.1. The Morgan fingerprint density at radius 3 is 2.71 bits per heavy atom. The summed E-state index contributed by atoms with van der Waals surface area (Å²) in [5.41, 5.74) is -0.0608. The van der Waals surface area contributed by atoms with Crippen LogP contribution in [-0.4, -0.2) is 48.6 Å². The van der Waals surface area contributed by atoms with Gasteiger partial charge in [0.05, 0.1) is 11.4 Å². The number of aliphatic hydroxyl groups is 1. The van der Waals surface area contributed by atoms with Crippen LogP contribution in [0.4, 0.5) is 0 Å². The van der Waals surface area contributed by atoms with Crippen LogP contribution >= 0.6 is 11.3 Å². The van der Waals surface area contributed by atoms with Crippen molar-refractivity contribution in [3.05, 3.63) is 22.4 Å². The van der Waals surface area contributed by atoms with Crippen LogP contribution in [0.25, 0.3) is 0 Å². The van der Waals surface area contributed by atoms with Crippen LogP contribution in [0.3, 0.4) is 0 Å². The van der Waals surface area contributed by atoms with Gasteiger partial charge in [0.15, 0.2) is 0 Å². The van der Waals surface area contributed by atoms with Crippen molar-refractivity contribution in [3.8, 4) is 0 Å². The number of likely N-dealkylation sites (N-methyl/N-ethyl adjacent to an activating group) is 1. The van der Waals surface area contributed by atoms with E-state index >= 15 is 0 Å². The molecule has 0 aromatic carbocycles. The van der Waals surface area contributed by atoms with E-state index in [-0.39, 0.29) is 30.4 Å². The van der Waals surface area contributed by atoms with Gasteiger partial charge in [0.1, 0.15) is 0 Å². The Balaban J connectivity index is 2.38. The third kappa shape index (κ3) is 6.27. The minimum absolute atomic E-state index is 0.0484. The number of carbonyl (C=O) groups is 2. The summed E-state index contributed by atoms with van der Waals surface area (Å²) < 4.78 is 0. The summed E-state index contributed by atoms with van der Waals surface area (Å²) in [5, 5.41) is 13.5. The molecule has 1 heterocycles. The van der Waals surface area contributed by atoms with Gasteiger partial charge in [-0.3, -0.25) is 9.59 Å². The highest BCUT2D eigenvalue weighted by Crippen LogP contribution is 2.20. The van der Waals surface area contributed by atoms with Gasteiger partial charge in [-0.1, -0.05) is 19.9 Å². The van der Waals surface area contributed by atoms with Gasteiger partial charge >= 0.3 is 0 Å². The van der Waals surface area contributed by atoms with E-state index in [4.69, 9.17) is 5.11 Å². The van der Waals surface area contributed by atoms with Crippen molar-refractivity contribution in [2.24, 2.45) is 5.41 Å². The highest BCUT2D eigenvalue weighted by Gasteiger charge is 2.20. The fraction of sp³-hybridized carbons (Fsp3) is 0.600. The Kier molecular flexibility index (Phi) is 6.84. The number of hydrogen-bond acceptors (Lipinski definition) is 4. The molecule has 0 aliphatic carbocycles. The number of thiophene rings is 1. The smallest absolute Gasteiger partial charge is 0.264 e. The molecule has 0 saturated carbocycles. The van der Waals surface area contributed by atoms with Gasteiger partial charge in [0.2, 0.25) is 5.91 Å². The zero-order valence-corrected chi connectivity index (χ0v) is 13.7. The second kappa shape index (κ2) is 8.14. The standard InChI is InChI=1S/C15H24N2O3S/c1-15(2,7-5-8-18)11-16-13(19)10-17(3)14(20)12-6-4-9-21-12/h4,6,9,18H,5,7-8,10-11H2,1-3H3,(H,16,19). The first-order chi connectivity index (χ1) is 9.85. The maximum atomic E-state index is 12.0. The van der Waals surface area contributed by atoms with Crippen LogP contribution in [-0.2, 0) is 4.79 Å². The molecule has 0 spiro atoms. The first-order valence-electron chi connectivity index (χ1n) is 7.02. The first-order valence-corrected chi connectivity index (χ1v) is 7.90. The highest BCUT2D eigenvalue weighted by molar-refractivity contribution is 7.12. The molecule has 1 aromatic rings. The number of carbonyl (C=O) groups excluding carboxylic acids is 2. The molecule has 0 aliphatic heterocycles. The summed E-state index contributed by atoms with van der Waals surface area (Å²) in [4.78, 5) is 26.0. The molecule has 0 bridgehead atoms. The average molecular weight is 312 g/mol. The van der Waals surface area contributed by atoms with Crippen LogP contribution in [0.1, 0.15) is 36.4 Å². The molecule has 0 fully saturated rings. The van der Waals surface area contributed by atoms with E-state index in [1.807, 2.05) is 25.3 Å². The van der Waals surface area contributed by atoms with E-state index in [9.17, 15) is 9.59 Å². The van der Waals surface area contributed by atoms with Crippen molar-refractivity contribution >= 4 is 23.2 Å². The van der Waals surface area contributed by atoms with Crippen molar-refractivity contribution in [3.63, 3.8) is 0 Å². The summed E-state index contributed by atoms with van der Waals surface area (Å²) in [6, 6.07) is 3.56. The number of amides is 2. The number of rotatable bonds is 8. The summed E-state index contributed by atoms with van der Waals surface area (Å²) in [6.07, 6.45) is 1.56. The lowest BCUT2D eigenvalue weighted by molar-refractivity contribution is -0.122. The fourth-order valence-electron chi connectivity index (χ4n) is 1.92. The van der Waals surface area contributed by atoms with Gasteiger partial charge in [0.25, 0.3) is 5.91 Å². The van der Waals surface area contributed by atoms with Gasteiger partial charge in [-0.05, 0) is 29.7 Å². The number of nitrogens with zero attached hydrogens (tertiary/aromatic N) is 1.